The van der Waals surface area contributed by atoms with Gasteiger partial charge in [0, 0.05) is 27.1 Å². The molecule has 3 heterocycles. The molecule has 0 amide bonds. The quantitative estimate of drug-likeness (QED) is 0.737. The summed E-state index contributed by atoms with van der Waals surface area (Å²) in [5, 5.41) is 8.80. The van der Waals surface area contributed by atoms with Crippen LogP contribution in [0.15, 0.2) is 6.33 Å². The Morgan fingerprint density at radius 2 is 2.10 bits per heavy atom. The van der Waals surface area contributed by atoms with Gasteiger partial charge in [-0.15, -0.1) is 0 Å². The van der Waals surface area contributed by atoms with Crippen LogP contribution in [0.1, 0.15) is 18.4 Å². The molecular weight excluding hydrogens is 274 g/mol. The van der Waals surface area contributed by atoms with Gasteiger partial charge in [-0.25, -0.2) is 4.98 Å². The van der Waals surface area contributed by atoms with E-state index in [1.807, 2.05) is 18.8 Å². The summed E-state index contributed by atoms with van der Waals surface area (Å²) in [6.07, 6.45) is 3.34. The predicted octanol–water partition coefficient (Wildman–Crippen LogP) is 1.37. The highest BCUT2D eigenvalue weighted by atomic mass is 32.1. The summed E-state index contributed by atoms with van der Waals surface area (Å²) >= 11 is 5.41. The number of aromatic amines is 1. The molecule has 3 aromatic heterocycles. The number of hydrogen-bond donors (Lipinski definition) is 1. The van der Waals surface area contributed by atoms with Gasteiger partial charge in [0.1, 0.15) is 11.8 Å². The van der Waals surface area contributed by atoms with E-state index in [1.165, 1.54) is 0 Å². The summed E-state index contributed by atoms with van der Waals surface area (Å²) in [4.78, 5) is 7.50. The van der Waals surface area contributed by atoms with Gasteiger partial charge in [0.15, 0.2) is 16.2 Å². The molecule has 1 N–H and O–H groups in total. The van der Waals surface area contributed by atoms with Gasteiger partial charge in [0.05, 0.1) is 5.69 Å². The van der Waals surface area contributed by atoms with Crippen LogP contribution in [-0.2, 0) is 33.5 Å². The zero-order valence-electron chi connectivity index (χ0n) is 11.8. The summed E-state index contributed by atoms with van der Waals surface area (Å²) in [5.74, 6) is 0.821. The average Bonchev–Trinajstić information content (AvgIpc) is 3.04. The van der Waals surface area contributed by atoms with Crippen LogP contribution >= 0.6 is 12.2 Å². The molecule has 3 rings (SSSR count). The van der Waals surface area contributed by atoms with Crippen LogP contribution in [-0.4, -0.2) is 34.1 Å². The molecule has 8 heteroatoms. The van der Waals surface area contributed by atoms with E-state index < -0.39 is 0 Å². The van der Waals surface area contributed by atoms with E-state index in [-0.39, 0.29) is 0 Å². The Kier molecular flexibility index (Phi) is 3.17. The fourth-order valence-corrected chi connectivity index (χ4v) is 2.72. The Labute approximate surface area is 121 Å². The van der Waals surface area contributed by atoms with Gasteiger partial charge < -0.3 is 9.55 Å². The molecule has 20 heavy (non-hydrogen) atoms. The van der Waals surface area contributed by atoms with Crippen molar-refractivity contribution in [3.8, 4) is 0 Å². The van der Waals surface area contributed by atoms with E-state index in [9.17, 15) is 0 Å². The number of aryl methyl sites for hydroxylation is 5. The van der Waals surface area contributed by atoms with Crippen molar-refractivity contribution >= 4 is 23.4 Å². The number of rotatable bonds is 4. The fourth-order valence-electron chi connectivity index (χ4n) is 2.44. The van der Waals surface area contributed by atoms with E-state index in [1.54, 1.807) is 11.0 Å². The maximum absolute atomic E-state index is 5.41. The van der Waals surface area contributed by atoms with Crippen LogP contribution in [0.5, 0.6) is 0 Å². The first kappa shape index (κ1) is 13.0. The number of aromatic nitrogens is 7. The van der Waals surface area contributed by atoms with E-state index in [4.69, 9.17) is 12.2 Å². The molecule has 0 bridgehead atoms. The standard InChI is InChI=1S/C12H17N7S/c1-4-8-10-11(18(3)15-8)19(12(20)14-10)6-5-9-13-7-17(2)16-9/h7H,4-6H2,1-3H3,(H,14,20). The Balaban J connectivity index is 1.96. The van der Waals surface area contributed by atoms with Crippen LogP contribution in [0, 0.1) is 4.77 Å². The van der Waals surface area contributed by atoms with Gasteiger partial charge in [-0.1, -0.05) is 6.92 Å². The molecule has 7 nitrogen and oxygen atoms in total. The van der Waals surface area contributed by atoms with Crippen molar-refractivity contribution in [2.24, 2.45) is 14.1 Å². The molecule has 0 fully saturated rings. The van der Waals surface area contributed by atoms with Gasteiger partial charge >= 0.3 is 0 Å². The molecular formula is C12H17N7S. The first-order valence-electron chi connectivity index (χ1n) is 6.59. The van der Waals surface area contributed by atoms with Crippen LogP contribution in [0.3, 0.4) is 0 Å². The highest BCUT2D eigenvalue weighted by Gasteiger charge is 2.14. The van der Waals surface area contributed by atoms with Crippen molar-refractivity contribution in [1.82, 2.24) is 34.1 Å². The lowest BCUT2D eigenvalue weighted by molar-refractivity contribution is 0.640. The highest BCUT2D eigenvalue weighted by molar-refractivity contribution is 7.71. The van der Waals surface area contributed by atoms with E-state index >= 15 is 0 Å². The SMILES string of the molecule is CCc1nn(C)c2c1[nH]c(=S)n2CCc1ncn(C)n1. The van der Waals surface area contributed by atoms with Gasteiger partial charge in [-0.3, -0.25) is 9.36 Å². The molecule has 0 aromatic carbocycles. The van der Waals surface area contributed by atoms with Gasteiger partial charge in [0.2, 0.25) is 0 Å². The van der Waals surface area contributed by atoms with Crippen molar-refractivity contribution < 1.29 is 0 Å². The second kappa shape index (κ2) is 4.86. The average molecular weight is 291 g/mol. The predicted molar refractivity (Wildman–Crippen MR) is 78.0 cm³/mol. The van der Waals surface area contributed by atoms with Gasteiger partial charge in [-0.2, -0.15) is 10.2 Å². The minimum absolute atomic E-state index is 0.721. The Bertz CT molecular complexity index is 804. The van der Waals surface area contributed by atoms with Gasteiger partial charge in [0.25, 0.3) is 0 Å². The summed E-state index contributed by atoms with van der Waals surface area (Å²) in [7, 11) is 3.81. The van der Waals surface area contributed by atoms with E-state index in [2.05, 4.69) is 31.7 Å². The Morgan fingerprint density at radius 3 is 2.75 bits per heavy atom. The summed E-state index contributed by atoms with van der Waals surface area (Å²) < 4.78 is 6.37. The zero-order chi connectivity index (χ0) is 14.3. The van der Waals surface area contributed by atoms with Crippen molar-refractivity contribution in [3.05, 3.63) is 22.6 Å². The smallest absolute Gasteiger partial charge is 0.179 e. The van der Waals surface area contributed by atoms with Crippen molar-refractivity contribution in [3.63, 3.8) is 0 Å². The normalized spacial score (nSPS) is 11.6. The number of hydrogen-bond acceptors (Lipinski definition) is 4. The minimum Gasteiger partial charge on any atom is -0.328 e. The third-order valence-electron chi connectivity index (χ3n) is 3.36. The molecule has 0 unspecified atom stereocenters. The van der Waals surface area contributed by atoms with Crippen LogP contribution in [0.2, 0.25) is 0 Å². The van der Waals surface area contributed by atoms with Crippen LogP contribution < -0.4 is 0 Å². The summed E-state index contributed by atoms with van der Waals surface area (Å²) in [6, 6.07) is 0. The molecule has 0 saturated heterocycles. The Morgan fingerprint density at radius 1 is 1.30 bits per heavy atom. The molecule has 0 spiro atoms. The molecule has 0 atom stereocenters. The highest BCUT2D eigenvalue weighted by Crippen LogP contribution is 2.18. The first-order valence-corrected chi connectivity index (χ1v) is 7.00. The van der Waals surface area contributed by atoms with Crippen LogP contribution in [0.4, 0.5) is 0 Å². The van der Waals surface area contributed by atoms with Gasteiger partial charge in [-0.05, 0) is 18.6 Å². The molecule has 3 aromatic rings. The molecule has 106 valence electrons. The maximum atomic E-state index is 5.41. The molecule has 0 aliphatic carbocycles. The molecule has 0 saturated carbocycles. The largest absolute Gasteiger partial charge is 0.328 e. The number of H-pyrrole nitrogens is 1. The third-order valence-corrected chi connectivity index (χ3v) is 3.69. The first-order chi connectivity index (χ1) is 9.60. The van der Waals surface area contributed by atoms with Crippen LogP contribution in [0.25, 0.3) is 11.2 Å². The number of fused-ring (bicyclic) bond motifs is 1. The van der Waals surface area contributed by atoms with E-state index in [0.29, 0.717) is 0 Å². The lowest BCUT2D eigenvalue weighted by atomic mass is 10.3. The van der Waals surface area contributed by atoms with Crippen molar-refractivity contribution in [2.45, 2.75) is 26.3 Å². The second-order valence-corrected chi connectivity index (χ2v) is 5.18. The number of nitrogens with zero attached hydrogens (tertiary/aromatic N) is 6. The molecule has 0 aliphatic heterocycles. The zero-order valence-corrected chi connectivity index (χ0v) is 12.6. The topological polar surface area (TPSA) is 69.2 Å². The second-order valence-electron chi connectivity index (χ2n) is 4.79. The fraction of sp³-hybridized carbons (Fsp3) is 0.500. The summed E-state index contributed by atoms with van der Waals surface area (Å²) in [5.41, 5.74) is 3.11. The minimum atomic E-state index is 0.721. The third kappa shape index (κ3) is 2.05. The number of imidazole rings is 1. The van der Waals surface area contributed by atoms with Crippen molar-refractivity contribution in [1.29, 1.82) is 0 Å². The van der Waals surface area contributed by atoms with E-state index in [0.717, 1.165) is 46.8 Å². The molecule has 0 aliphatic rings. The molecule has 0 radical (unpaired) electrons. The maximum Gasteiger partial charge on any atom is 0.179 e. The lowest BCUT2D eigenvalue weighted by Gasteiger charge is -2.02. The van der Waals surface area contributed by atoms with Crippen molar-refractivity contribution in [2.75, 3.05) is 0 Å². The monoisotopic (exact) mass is 291 g/mol. The lowest BCUT2D eigenvalue weighted by Crippen LogP contribution is -2.06. The number of nitrogens with one attached hydrogen (secondary N) is 1. The summed E-state index contributed by atoms with van der Waals surface area (Å²) in [6.45, 7) is 2.83. The Hall–Kier alpha value is -1.96.